The molecule has 4 nitrogen and oxygen atoms in total. The van der Waals surface area contributed by atoms with Crippen LogP contribution in [0.15, 0.2) is 30.3 Å². The van der Waals surface area contributed by atoms with Crippen molar-refractivity contribution in [3.63, 3.8) is 0 Å². The molecule has 1 aliphatic heterocycles. The van der Waals surface area contributed by atoms with Crippen LogP contribution in [0.2, 0.25) is 0 Å². The molecule has 1 atom stereocenters. The Hall–Kier alpha value is -0.620. The second kappa shape index (κ2) is 5.17. The minimum absolute atomic E-state index is 0.430. The van der Waals surface area contributed by atoms with Crippen molar-refractivity contribution in [2.75, 3.05) is 12.9 Å². The molecule has 0 amide bonds. The molecule has 1 aromatic rings. The lowest BCUT2D eigenvalue weighted by Crippen LogP contribution is -2.46. The Balaban J connectivity index is 2.60. The fourth-order valence-electron chi connectivity index (χ4n) is 2.28. The van der Waals surface area contributed by atoms with Crippen molar-refractivity contribution in [3.8, 4) is 0 Å². The zero-order valence-corrected chi connectivity index (χ0v) is 11.7. The predicted molar refractivity (Wildman–Crippen MR) is 70.5 cm³/mol. The predicted octanol–water partition coefficient (Wildman–Crippen LogP) is 2.46. The van der Waals surface area contributed by atoms with E-state index < -0.39 is 14.7 Å². The van der Waals surface area contributed by atoms with Crippen molar-refractivity contribution in [2.24, 2.45) is 0 Å². The summed E-state index contributed by atoms with van der Waals surface area (Å²) in [5.41, 5.74) is 0.643. The average molecular weight is 290 g/mol. The molecule has 0 aromatic heterocycles. The fraction of sp³-hybridized carbons (Fsp3) is 0.500. The maximum Gasteiger partial charge on any atom is 0.188 e. The normalized spacial score (nSPS) is 26.8. The number of rotatable bonds is 2. The first kappa shape index (κ1) is 13.8. The second-order valence-corrected chi connectivity index (χ2v) is 6.98. The van der Waals surface area contributed by atoms with Gasteiger partial charge in [-0.15, -0.1) is 0 Å². The Labute approximate surface area is 112 Å². The second-order valence-electron chi connectivity index (χ2n) is 4.46. The molecule has 0 aliphatic carbocycles. The minimum atomic E-state index is -3.44. The van der Waals surface area contributed by atoms with Crippen LogP contribution in [-0.2, 0) is 19.5 Å². The van der Waals surface area contributed by atoms with Gasteiger partial charge in [0.15, 0.2) is 14.7 Å². The minimum Gasteiger partial charge on any atom is -0.282 e. The van der Waals surface area contributed by atoms with E-state index in [2.05, 4.69) is 0 Å². The van der Waals surface area contributed by atoms with Crippen LogP contribution in [0.1, 0.15) is 24.8 Å². The lowest BCUT2D eigenvalue weighted by atomic mass is 10.0. The average Bonchev–Trinajstić information content (AvgIpc) is 2.52. The van der Waals surface area contributed by atoms with E-state index in [9.17, 15) is 8.42 Å². The summed E-state index contributed by atoms with van der Waals surface area (Å²) in [5.74, 6) is 0. The molecular weight excluding hydrogens is 274 g/mol. The molecule has 1 saturated heterocycles. The van der Waals surface area contributed by atoms with Gasteiger partial charge in [0.1, 0.15) is 0 Å². The van der Waals surface area contributed by atoms with E-state index in [1.165, 1.54) is 6.26 Å². The van der Waals surface area contributed by atoms with Gasteiger partial charge in [-0.25, -0.2) is 8.42 Å². The standard InChI is InChI=1S/C12H16ClNO3S/c1-18(15,16)12(11-7-3-2-4-8-11)9-5-6-10-17-14(12)13/h2-4,7-8H,5-6,9-10H2,1H3. The molecule has 0 N–H and O–H groups in total. The maximum absolute atomic E-state index is 12.3. The summed E-state index contributed by atoms with van der Waals surface area (Å²) in [7, 11) is -3.44. The van der Waals surface area contributed by atoms with E-state index in [0.29, 0.717) is 18.6 Å². The topological polar surface area (TPSA) is 46.6 Å². The summed E-state index contributed by atoms with van der Waals surface area (Å²) in [6, 6.07) is 8.99. The summed E-state index contributed by atoms with van der Waals surface area (Å²) < 4.78 is 25.5. The van der Waals surface area contributed by atoms with E-state index in [4.69, 9.17) is 16.6 Å². The molecule has 100 valence electrons. The Morgan fingerprint density at radius 2 is 1.94 bits per heavy atom. The maximum atomic E-state index is 12.3. The van der Waals surface area contributed by atoms with Crippen molar-refractivity contribution in [1.29, 1.82) is 0 Å². The largest absolute Gasteiger partial charge is 0.282 e. The first-order chi connectivity index (χ1) is 8.48. The first-order valence-electron chi connectivity index (χ1n) is 5.82. The zero-order valence-electron chi connectivity index (χ0n) is 10.2. The number of sulfone groups is 1. The molecule has 6 heteroatoms. The van der Waals surface area contributed by atoms with Crippen LogP contribution in [0.3, 0.4) is 0 Å². The SMILES string of the molecule is CS(=O)(=O)C1(c2ccccc2)CCCCON1Cl. The van der Waals surface area contributed by atoms with Gasteiger partial charge in [-0.3, -0.25) is 4.84 Å². The summed E-state index contributed by atoms with van der Waals surface area (Å²) >= 11 is 6.09. The summed E-state index contributed by atoms with van der Waals surface area (Å²) in [6.07, 6.45) is 3.18. The molecule has 0 spiro atoms. The van der Waals surface area contributed by atoms with E-state index in [1.807, 2.05) is 6.07 Å². The van der Waals surface area contributed by atoms with Crippen molar-refractivity contribution in [2.45, 2.75) is 24.1 Å². The number of hydrogen-bond donors (Lipinski definition) is 0. The lowest BCUT2D eigenvalue weighted by molar-refractivity contribution is -0.118. The van der Waals surface area contributed by atoms with Crippen molar-refractivity contribution in [1.82, 2.24) is 4.58 Å². The van der Waals surface area contributed by atoms with Gasteiger partial charge in [-0.1, -0.05) is 34.9 Å². The number of hydrogen-bond acceptors (Lipinski definition) is 4. The molecule has 1 aromatic carbocycles. The summed E-state index contributed by atoms with van der Waals surface area (Å²) in [6.45, 7) is 0.438. The van der Waals surface area contributed by atoms with Gasteiger partial charge in [0.05, 0.1) is 6.61 Å². The highest BCUT2D eigenvalue weighted by atomic mass is 35.5. The van der Waals surface area contributed by atoms with Gasteiger partial charge in [0.2, 0.25) is 0 Å². The zero-order chi connectivity index (χ0) is 13.2. The number of benzene rings is 1. The van der Waals surface area contributed by atoms with Crippen LogP contribution < -0.4 is 0 Å². The van der Waals surface area contributed by atoms with Crippen LogP contribution in [0, 0.1) is 0 Å². The van der Waals surface area contributed by atoms with E-state index in [-0.39, 0.29) is 0 Å². The van der Waals surface area contributed by atoms with Crippen LogP contribution in [0.4, 0.5) is 0 Å². The Bertz CT molecular complexity index is 505. The Morgan fingerprint density at radius 1 is 1.28 bits per heavy atom. The molecule has 1 fully saturated rings. The van der Waals surface area contributed by atoms with Crippen molar-refractivity contribution in [3.05, 3.63) is 35.9 Å². The molecule has 0 radical (unpaired) electrons. The first-order valence-corrected chi connectivity index (χ1v) is 8.05. The number of nitrogens with zero attached hydrogens (tertiary/aromatic N) is 1. The summed E-state index contributed by atoms with van der Waals surface area (Å²) in [5, 5.41) is 0. The van der Waals surface area contributed by atoms with Gasteiger partial charge in [0, 0.05) is 18.0 Å². The highest BCUT2D eigenvalue weighted by Crippen LogP contribution is 2.41. The molecular formula is C12H16ClNO3S. The van der Waals surface area contributed by atoms with Gasteiger partial charge in [0.25, 0.3) is 0 Å². The van der Waals surface area contributed by atoms with Crippen LogP contribution >= 0.6 is 11.8 Å². The van der Waals surface area contributed by atoms with Gasteiger partial charge >= 0.3 is 0 Å². The Morgan fingerprint density at radius 3 is 2.56 bits per heavy atom. The smallest absolute Gasteiger partial charge is 0.188 e. The van der Waals surface area contributed by atoms with E-state index in [0.717, 1.165) is 17.4 Å². The van der Waals surface area contributed by atoms with Crippen molar-refractivity contribution < 1.29 is 13.3 Å². The fourth-order valence-corrected chi connectivity index (χ4v) is 4.30. The molecule has 1 heterocycles. The van der Waals surface area contributed by atoms with Gasteiger partial charge in [-0.05, 0) is 24.8 Å². The van der Waals surface area contributed by atoms with E-state index >= 15 is 0 Å². The molecule has 0 saturated carbocycles. The lowest BCUT2D eigenvalue weighted by Gasteiger charge is -2.35. The molecule has 1 aliphatic rings. The highest BCUT2D eigenvalue weighted by Gasteiger charge is 2.49. The monoisotopic (exact) mass is 289 g/mol. The highest BCUT2D eigenvalue weighted by molar-refractivity contribution is 7.91. The number of hydroxylamine groups is 1. The summed E-state index contributed by atoms with van der Waals surface area (Å²) in [4.78, 5) is 4.02. The molecule has 2 rings (SSSR count). The van der Waals surface area contributed by atoms with Crippen LogP contribution in [0.25, 0.3) is 0 Å². The third kappa shape index (κ3) is 2.28. The molecule has 0 bridgehead atoms. The van der Waals surface area contributed by atoms with Gasteiger partial charge in [-0.2, -0.15) is 0 Å². The van der Waals surface area contributed by atoms with Crippen molar-refractivity contribution >= 4 is 21.6 Å². The van der Waals surface area contributed by atoms with E-state index in [1.54, 1.807) is 24.3 Å². The van der Waals surface area contributed by atoms with Gasteiger partial charge < -0.3 is 0 Å². The van der Waals surface area contributed by atoms with Crippen LogP contribution in [0.5, 0.6) is 0 Å². The molecule has 18 heavy (non-hydrogen) atoms. The third-order valence-corrected chi connectivity index (χ3v) is 5.56. The molecule has 1 unspecified atom stereocenters. The third-order valence-electron chi connectivity index (χ3n) is 3.24. The Kier molecular flexibility index (Phi) is 3.96. The quantitative estimate of drug-likeness (QED) is 0.785. The van der Waals surface area contributed by atoms with Crippen LogP contribution in [-0.4, -0.2) is 25.9 Å². The number of halogens is 1.